The fourth-order valence-electron chi connectivity index (χ4n) is 0.646. The van der Waals surface area contributed by atoms with Gasteiger partial charge in [-0.15, -0.1) is 0 Å². The van der Waals surface area contributed by atoms with Crippen molar-refractivity contribution in [3.63, 3.8) is 0 Å². The largest absolute Gasteiger partial charge is 0.481 e. The Morgan fingerprint density at radius 3 is 2.71 bits per heavy atom. The quantitative estimate of drug-likeness (QED) is 0.371. The van der Waals surface area contributed by atoms with E-state index in [0.717, 1.165) is 0 Å². The Bertz CT molecular complexity index is 209. The molecule has 0 aliphatic carbocycles. The highest BCUT2D eigenvalue weighted by atomic mass is 16.5. The molecule has 0 rings (SSSR count). The molecule has 0 aromatic carbocycles. The normalized spacial score (nSPS) is 10.4. The number of hydrogen-bond donors (Lipinski definition) is 1. The number of carboxylic acid groups (broad SMARTS) is 1. The van der Waals surface area contributed by atoms with Crippen LogP contribution in [0.5, 0.6) is 0 Å². The van der Waals surface area contributed by atoms with Gasteiger partial charge in [0.15, 0.2) is 0 Å². The molecule has 0 unspecified atom stereocenters. The van der Waals surface area contributed by atoms with Gasteiger partial charge in [0, 0.05) is 6.08 Å². The molecule has 1 N–H and O–H groups in total. The van der Waals surface area contributed by atoms with E-state index in [9.17, 15) is 9.59 Å². The van der Waals surface area contributed by atoms with Crippen LogP contribution in [-0.2, 0) is 19.1 Å². The lowest BCUT2D eigenvalue weighted by Crippen LogP contribution is -2.03. The fraction of sp³-hybridized carbons (Fsp3) is 0.556. The van der Waals surface area contributed by atoms with Gasteiger partial charge in [-0.3, -0.25) is 4.79 Å². The third kappa shape index (κ3) is 8.73. The summed E-state index contributed by atoms with van der Waals surface area (Å²) in [6.07, 6.45) is 2.71. The maximum absolute atomic E-state index is 10.7. The first kappa shape index (κ1) is 12.6. The Balaban J connectivity index is 3.35. The lowest BCUT2D eigenvalue weighted by atomic mass is 10.4. The average Bonchev–Trinajstić information content (AvgIpc) is 2.11. The van der Waals surface area contributed by atoms with Gasteiger partial charge in [-0.1, -0.05) is 6.08 Å². The lowest BCUT2D eigenvalue weighted by molar-refractivity contribution is -0.139. The van der Waals surface area contributed by atoms with Crippen LogP contribution in [0.2, 0.25) is 0 Å². The van der Waals surface area contributed by atoms with Gasteiger partial charge in [0.1, 0.15) is 0 Å². The van der Waals surface area contributed by atoms with Crippen LogP contribution in [0, 0.1) is 0 Å². The minimum atomic E-state index is -0.903. The van der Waals surface area contributed by atoms with Crippen LogP contribution in [-0.4, -0.2) is 36.9 Å². The molecule has 5 nitrogen and oxygen atoms in total. The Hall–Kier alpha value is -1.36. The van der Waals surface area contributed by atoms with Gasteiger partial charge in [0.2, 0.25) is 0 Å². The minimum absolute atomic E-state index is 0.0345. The zero-order valence-electron chi connectivity index (χ0n) is 8.06. The first-order valence-electron chi connectivity index (χ1n) is 4.29. The van der Waals surface area contributed by atoms with Gasteiger partial charge in [0.25, 0.3) is 0 Å². The van der Waals surface area contributed by atoms with Crippen LogP contribution in [0.25, 0.3) is 0 Å². The summed E-state index contributed by atoms with van der Waals surface area (Å²) < 4.78 is 9.51. The van der Waals surface area contributed by atoms with E-state index >= 15 is 0 Å². The van der Waals surface area contributed by atoms with E-state index in [4.69, 9.17) is 9.84 Å². The van der Waals surface area contributed by atoms with Crippen molar-refractivity contribution in [1.82, 2.24) is 0 Å². The number of aliphatic carboxylic acids is 1. The minimum Gasteiger partial charge on any atom is -0.481 e. The van der Waals surface area contributed by atoms with Crippen molar-refractivity contribution >= 4 is 11.9 Å². The van der Waals surface area contributed by atoms with E-state index in [0.29, 0.717) is 6.61 Å². The van der Waals surface area contributed by atoms with Gasteiger partial charge < -0.3 is 14.6 Å². The van der Waals surface area contributed by atoms with Crippen LogP contribution in [0.15, 0.2) is 12.2 Å². The summed E-state index contributed by atoms with van der Waals surface area (Å²) in [5, 5.41) is 8.26. The highest BCUT2D eigenvalue weighted by Gasteiger charge is 1.95. The van der Waals surface area contributed by atoms with Crippen molar-refractivity contribution in [2.24, 2.45) is 0 Å². The van der Waals surface area contributed by atoms with Crippen LogP contribution in [0.1, 0.15) is 13.3 Å². The molecule has 0 aliphatic rings. The summed E-state index contributed by atoms with van der Waals surface area (Å²) in [7, 11) is 0. The van der Waals surface area contributed by atoms with E-state index in [2.05, 4.69) is 4.74 Å². The van der Waals surface area contributed by atoms with Crippen molar-refractivity contribution in [1.29, 1.82) is 0 Å². The van der Waals surface area contributed by atoms with Crippen LogP contribution >= 0.6 is 0 Å². The summed E-state index contributed by atoms with van der Waals surface area (Å²) in [6.45, 7) is 2.41. The summed E-state index contributed by atoms with van der Waals surface area (Å²) in [6, 6.07) is 0. The van der Waals surface area contributed by atoms with Crippen LogP contribution < -0.4 is 0 Å². The maximum Gasteiger partial charge on any atom is 0.330 e. The molecule has 0 atom stereocenters. The summed E-state index contributed by atoms with van der Waals surface area (Å²) in [5.74, 6) is -1.33. The number of ether oxygens (including phenoxy) is 2. The van der Waals surface area contributed by atoms with Gasteiger partial charge >= 0.3 is 11.9 Å². The number of esters is 1. The molecule has 5 heteroatoms. The second kappa shape index (κ2) is 8.25. The number of carboxylic acids is 1. The Kier molecular flexibility index (Phi) is 7.45. The van der Waals surface area contributed by atoms with Gasteiger partial charge in [0.05, 0.1) is 26.2 Å². The molecule has 0 fully saturated rings. The molecule has 0 radical (unpaired) electrons. The third-order valence-corrected chi connectivity index (χ3v) is 1.21. The van der Waals surface area contributed by atoms with Crippen molar-refractivity contribution in [3.05, 3.63) is 12.2 Å². The SMILES string of the molecule is CCOC(=O)/C=C/COCCC(=O)O. The van der Waals surface area contributed by atoms with Crippen molar-refractivity contribution in [3.8, 4) is 0 Å². The van der Waals surface area contributed by atoms with E-state index in [-0.39, 0.29) is 19.6 Å². The van der Waals surface area contributed by atoms with Crippen LogP contribution in [0.3, 0.4) is 0 Å². The van der Waals surface area contributed by atoms with E-state index in [1.165, 1.54) is 12.2 Å². The highest BCUT2D eigenvalue weighted by molar-refractivity contribution is 5.81. The summed E-state index contributed by atoms with van der Waals surface area (Å²) in [4.78, 5) is 20.8. The molecule has 0 saturated heterocycles. The van der Waals surface area contributed by atoms with E-state index in [1.807, 2.05) is 0 Å². The molecule has 80 valence electrons. The van der Waals surface area contributed by atoms with Gasteiger partial charge in [-0.05, 0) is 6.92 Å². The third-order valence-electron chi connectivity index (χ3n) is 1.21. The Labute approximate surface area is 82.3 Å². The van der Waals surface area contributed by atoms with Crippen LogP contribution in [0.4, 0.5) is 0 Å². The number of carbonyl (C=O) groups is 2. The second-order valence-corrected chi connectivity index (χ2v) is 2.37. The first-order chi connectivity index (χ1) is 6.66. The van der Waals surface area contributed by atoms with E-state index in [1.54, 1.807) is 6.92 Å². The average molecular weight is 202 g/mol. The molecule has 0 aromatic heterocycles. The molecule has 0 amide bonds. The first-order valence-corrected chi connectivity index (χ1v) is 4.29. The number of rotatable bonds is 7. The number of hydrogen-bond acceptors (Lipinski definition) is 4. The zero-order chi connectivity index (χ0) is 10.8. The predicted octanol–water partition coefficient (Wildman–Crippen LogP) is 0.597. The summed E-state index contributed by atoms with van der Waals surface area (Å²) >= 11 is 0. The number of carbonyl (C=O) groups excluding carboxylic acids is 1. The topological polar surface area (TPSA) is 72.8 Å². The predicted molar refractivity (Wildman–Crippen MR) is 48.8 cm³/mol. The molecule has 0 aromatic rings. The standard InChI is InChI=1S/C9H14O5/c1-2-14-9(12)4-3-6-13-7-5-8(10)11/h3-4H,2,5-7H2,1H3,(H,10,11)/b4-3+. The molecule has 14 heavy (non-hydrogen) atoms. The molecule has 0 heterocycles. The molecular formula is C9H14O5. The second-order valence-electron chi connectivity index (χ2n) is 2.37. The molecule has 0 spiro atoms. The smallest absolute Gasteiger partial charge is 0.330 e. The molecule has 0 saturated carbocycles. The van der Waals surface area contributed by atoms with Crippen molar-refractivity contribution < 1.29 is 24.2 Å². The zero-order valence-corrected chi connectivity index (χ0v) is 8.06. The molecular weight excluding hydrogens is 188 g/mol. The summed E-state index contributed by atoms with van der Waals surface area (Å²) in [5.41, 5.74) is 0. The fourth-order valence-corrected chi connectivity index (χ4v) is 0.646. The van der Waals surface area contributed by atoms with E-state index < -0.39 is 11.9 Å². The maximum atomic E-state index is 10.7. The van der Waals surface area contributed by atoms with Crippen molar-refractivity contribution in [2.75, 3.05) is 19.8 Å². The molecule has 0 aliphatic heterocycles. The Morgan fingerprint density at radius 2 is 2.14 bits per heavy atom. The molecule has 0 bridgehead atoms. The highest BCUT2D eigenvalue weighted by Crippen LogP contribution is 1.85. The lowest BCUT2D eigenvalue weighted by Gasteiger charge is -1.97. The Morgan fingerprint density at radius 1 is 1.43 bits per heavy atom. The van der Waals surface area contributed by atoms with Gasteiger partial charge in [-0.2, -0.15) is 0 Å². The van der Waals surface area contributed by atoms with Gasteiger partial charge in [-0.25, -0.2) is 4.79 Å². The monoisotopic (exact) mass is 202 g/mol. The van der Waals surface area contributed by atoms with Crippen molar-refractivity contribution in [2.45, 2.75) is 13.3 Å².